The molecule has 0 bridgehead atoms. The normalized spacial score (nSPS) is 11.3. The number of aryl methyl sites for hydroxylation is 1. The molecule has 2 aromatic heterocycles. The highest BCUT2D eigenvalue weighted by molar-refractivity contribution is 5.85. The van der Waals surface area contributed by atoms with Gasteiger partial charge in [0, 0.05) is 26.2 Å². The summed E-state index contributed by atoms with van der Waals surface area (Å²) >= 11 is 0. The predicted molar refractivity (Wildman–Crippen MR) is 91.8 cm³/mol. The van der Waals surface area contributed by atoms with E-state index in [0.29, 0.717) is 18.7 Å². The van der Waals surface area contributed by atoms with E-state index in [2.05, 4.69) is 5.10 Å². The minimum Gasteiger partial charge on any atom is -0.345 e. The molecule has 0 radical (unpaired) electrons. The highest BCUT2D eigenvalue weighted by atomic mass is 35.5. The molecule has 1 amide bonds. The van der Waals surface area contributed by atoms with Gasteiger partial charge in [0.2, 0.25) is 5.91 Å². The van der Waals surface area contributed by atoms with Gasteiger partial charge in [0.25, 0.3) is 0 Å². The summed E-state index contributed by atoms with van der Waals surface area (Å²) in [5, 5.41) is 4.21. The first-order valence-electron chi connectivity index (χ1n) is 7.32. The van der Waals surface area contributed by atoms with Crippen LogP contribution in [0.5, 0.6) is 0 Å². The SMILES string of the molecule is CN(CC(C)(C)CN)C(=O)CCn1nc2ccccn2c1=O.Cl. The zero-order valence-corrected chi connectivity index (χ0v) is 14.5. The second kappa shape index (κ2) is 7.61. The Kier molecular flexibility index (Phi) is 6.35. The summed E-state index contributed by atoms with van der Waals surface area (Å²) < 4.78 is 2.79. The van der Waals surface area contributed by atoms with Gasteiger partial charge in [-0.05, 0) is 24.1 Å². The molecule has 0 spiro atoms. The zero-order valence-electron chi connectivity index (χ0n) is 13.7. The number of aromatic nitrogens is 3. The third kappa shape index (κ3) is 4.56. The molecule has 0 atom stereocenters. The highest BCUT2D eigenvalue weighted by Crippen LogP contribution is 2.14. The number of rotatable bonds is 6. The highest BCUT2D eigenvalue weighted by Gasteiger charge is 2.21. The molecule has 7 nitrogen and oxygen atoms in total. The minimum absolute atomic E-state index is 0. The average molecular weight is 342 g/mol. The smallest absolute Gasteiger partial charge is 0.345 e. The van der Waals surface area contributed by atoms with E-state index in [0.717, 1.165) is 0 Å². The molecule has 8 heteroatoms. The van der Waals surface area contributed by atoms with Crippen LogP contribution in [0.4, 0.5) is 0 Å². The number of amides is 1. The van der Waals surface area contributed by atoms with Gasteiger partial charge in [-0.15, -0.1) is 17.5 Å². The van der Waals surface area contributed by atoms with Crippen LogP contribution in [-0.4, -0.2) is 45.1 Å². The molecule has 2 N–H and O–H groups in total. The third-order valence-electron chi connectivity index (χ3n) is 3.67. The van der Waals surface area contributed by atoms with Gasteiger partial charge in [0.1, 0.15) is 0 Å². The monoisotopic (exact) mass is 341 g/mol. The number of hydrogen-bond donors (Lipinski definition) is 1. The quantitative estimate of drug-likeness (QED) is 0.840. The Balaban J connectivity index is 0.00000264. The van der Waals surface area contributed by atoms with Crippen LogP contribution in [0, 0.1) is 5.41 Å². The van der Waals surface area contributed by atoms with Crippen LogP contribution in [0.15, 0.2) is 29.2 Å². The molecule has 0 fully saturated rings. The van der Waals surface area contributed by atoms with Crippen LogP contribution in [0.1, 0.15) is 20.3 Å². The maximum Gasteiger partial charge on any atom is 0.350 e. The average Bonchev–Trinajstić information content (AvgIpc) is 2.81. The third-order valence-corrected chi connectivity index (χ3v) is 3.67. The minimum atomic E-state index is -0.228. The molecule has 128 valence electrons. The molecular weight excluding hydrogens is 318 g/mol. The van der Waals surface area contributed by atoms with Crippen LogP contribution in [0.3, 0.4) is 0 Å². The Morgan fingerprint density at radius 1 is 1.39 bits per heavy atom. The molecule has 0 saturated carbocycles. The van der Waals surface area contributed by atoms with Gasteiger partial charge in [0.05, 0.1) is 6.54 Å². The second-order valence-electron chi connectivity index (χ2n) is 6.30. The molecule has 2 aromatic rings. The van der Waals surface area contributed by atoms with E-state index < -0.39 is 0 Å². The first-order chi connectivity index (χ1) is 10.3. The number of nitrogens with two attached hydrogens (primary N) is 1. The van der Waals surface area contributed by atoms with Crippen molar-refractivity contribution in [3.63, 3.8) is 0 Å². The van der Waals surface area contributed by atoms with Crippen molar-refractivity contribution in [2.45, 2.75) is 26.8 Å². The Hall–Kier alpha value is -1.86. The van der Waals surface area contributed by atoms with Crippen molar-refractivity contribution >= 4 is 24.0 Å². The molecular formula is C15H24ClN5O2. The van der Waals surface area contributed by atoms with Gasteiger partial charge in [0.15, 0.2) is 5.65 Å². The number of carbonyl (C=O) groups is 1. The van der Waals surface area contributed by atoms with Gasteiger partial charge in [-0.2, -0.15) is 0 Å². The fraction of sp³-hybridized carbons (Fsp3) is 0.533. The Morgan fingerprint density at radius 2 is 2.09 bits per heavy atom. The van der Waals surface area contributed by atoms with Crippen LogP contribution in [0.25, 0.3) is 5.65 Å². The van der Waals surface area contributed by atoms with Crippen LogP contribution in [-0.2, 0) is 11.3 Å². The number of fused-ring (bicyclic) bond motifs is 1. The maximum absolute atomic E-state index is 12.2. The van der Waals surface area contributed by atoms with Gasteiger partial charge >= 0.3 is 5.69 Å². The molecule has 2 rings (SSSR count). The van der Waals surface area contributed by atoms with Crippen molar-refractivity contribution < 1.29 is 4.79 Å². The van der Waals surface area contributed by atoms with Crippen molar-refractivity contribution in [3.05, 3.63) is 34.9 Å². The second-order valence-corrected chi connectivity index (χ2v) is 6.30. The van der Waals surface area contributed by atoms with Gasteiger partial charge < -0.3 is 10.6 Å². The summed E-state index contributed by atoms with van der Waals surface area (Å²) in [6.45, 7) is 5.40. The maximum atomic E-state index is 12.2. The van der Waals surface area contributed by atoms with E-state index in [1.807, 2.05) is 19.9 Å². The van der Waals surface area contributed by atoms with Gasteiger partial charge in [-0.3, -0.25) is 9.20 Å². The summed E-state index contributed by atoms with van der Waals surface area (Å²) in [4.78, 5) is 25.9. The van der Waals surface area contributed by atoms with Crippen molar-refractivity contribution in [1.82, 2.24) is 19.1 Å². The molecule has 0 aliphatic heterocycles. The summed E-state index contributed by atoms with van der Waals surface area (Å²) in [5.41, 5.74) is 5.92. The number of nitrogens with zero attached hydrogens (tertiary/aromatic N) is 4. The molecule has 0 saturated heterocycles. The lowest BCUT2D eigenvalue weighted by atomic mass is 9.93. The number of pyridine rings is 1. The number of carbonyl (C=O) groups excluding carboxylic acids is 1. The lowest BCUT2D eigenvalue weighted by Crippen LogP contribution is -2.40. The van der Waals surface area contributed by atoms with Gasteiger partial charge in [-0.1, -0.05) is 19.9 Å². The molecule has 0 aromatic carbocycles. The lowest BCUT2D eigenvalue weighted by Gasteiger charge is -2.29. The van der Waals surface area contributed by atoms with E-state index in [-0.39, 0.29) is 42.4 Å². The van der Waals surface area contributed by atoms with Crippen molar-refractivity contribution in [3.8, 4) is 0 Å². The molecule has 0 aliphatic rings. The fourth-order valence-electron chi connectivity index (χ4n) is 2.30. The van der Waals surface area contributed by atoms with E-state index in [9.17, 15) is 9.59 Å². The van der Waals surface area contributed by atoms with Crippen molar-refractivity contribution in [2.24, 2.45) is 11.1 Å². The summed E-state index contributed by atoms with van der Waals surface area (Å²) in [6, 6.07) is 5.35. The topological polar surface area (TPSA) is 85.6 Å². The van der Waals surface area contributed by atoms with Crippen LogP contribution < -0.4 is 11.4 Å². The van der Waals surface area contributed by atoms with E-state index in [1.54, 1.807) is 30.3 Å². The Morgan fingerprint density at radius 3 is 2.70 bits per heavy atom. The van der Waals surface area contributed by atoms with Crippen molar-refractivity contribution in [1.29, 1.82) is 0 Å². The number of halogens is 1. The Labute approximate surface area is 141 Å². The zero-order chi connectivity index (χ0) is 16.3. The molecule has 23 heavy (non-hydrogen) atoms. The summed E-state index contributed by atoms with van der Waals surface area (Å²) in [5.74, 6) is -0.0227. The summed E-state index contributed by atoms with van der Waals surface area (Å²) in [7, 11) is 1.76. The molecule has 0 aliphatic carbocycles. The Bertz CT molecular complexity index is 722. The van der Waals surface area contributed by atoms with E-state index in [1.165, 1.54) is 9.08 Å². The van der Waals surface area contributed by atoms with E-state index >= 15 is 0 Å². The van der Waals surface area contributed by atoms with Crippen LogP contribution >= 0.6 is 12.4 Å². The predicted octanol–water partition coefficient (Wildman–Crippen LogP) is 0.751. The van der Waals surface area contributed by atoms with Crippen molar-refractivity contribution in [2.75, 3.05) is 20.1 Å². The fourth-order valence-corrected chi connectivity index (χ4v) is 2.30. The largest absolute Gasteiger partial charge is 0.350 e. The molecule has 2 heterocycles. The van der Waals surface area contributed by atoms with E-state index in [4.69, 9.17) is 5.73 Å². The first kappa shape index (κ1) is 19.2. The number of hydrogen-bond acceptors (Lipinski definition) is 4. The van der Waals surface area contributed by atoms with Crippen LogP contribution in [0.2, 0.25) is 0 Å². The van der Waals surface area contributed by atoms with Gasteiger partial charge in [-0.25, -0.2) is 9.48 Å². The standard InChI is InChI=1S/C15H23N5O2.ClH/c1-15(2,10-16)11-18(3)13(21)7-9-20-14(22)19-8-5-4-6-12(19)17-20;/h4-6,8H,7,9-11,16H2,1-3H3;1H. The molecule has 0 unspecified atom stereocenters. The first-order valence-corrected chi connectivity index (χ1v) is 7.32. The summed E-state index contributed by atoms with van der Waals surface area (Å²) in [6.07, 6.45) is 1.90. The lowest BCUT2D eigenvalue weighted by molar-refractivity contribution is -0.131.